The molecule has 144 valence electrons. The molecule has 3 heteroatoms. The van der Waals surface area contributed by atoms with Crippen molar-refractivity contribution in [1.29, 1.82) is 0 Å². The van der Waals surface area contributed by atoms with Gasteiger partial charge in [0, 0.05) is 18.3 Å². The van der Waals surface area contributed by atoms with Gasteiger partial charge in [0.15, 0.2) is 0 Å². The molecule has 0 spiro atoms. The highest BCUT2D eigenvalue weighted by molar-refractivity contribution is 5.31. The van der Waals surface area contributed by atoms with Crippen LogP contribution in [0.1, 0.15) is 77.6 Å². The van der Waals surface area contributed by atoms with Crippen molar-refractivity contribution < 1.29 is 13.5 Å². The molecular formula is C23H32F2O. The maximum Gasteiger partial charge on any atom is 0.253 e. The molecule has 0 bridgehead atoms. The molecule has 3 saturated carbocycles. The van der Waals surface area contributed by atoms with Gasteiger partial charge in [0.2, 0.25) is 0 Å². The van der Waals surface area contributed by atoms with Crippen molar-refractivity contribution in [1.82, 2.24) is 0 Å². The Morgan fingerprint density at radius 3 is 2.62 bits per heavy atom. The first kappa shape index (κ1) is 17.3. The third kappa shape index (κ3) is 2.52. The van der Waals surface area contributed by atoms with E-state index in [1.165, 1.54) is 37.0 Å². The Hall–Kier alpha value is -0.860. The maximum absolute atomic E-state index is 14.6. The summed E-state index contributed by atoms with van der Waals surface area (Å²) >= 11 is 0. The third-order valence-electron chi connectivity index (χ3n) is 8.71. The molecule has 5 aliphatic carbocycles. The lowest BCUT2D eigenvalue weighted by atomic mass is 9.53. The molecule has 5 rings (SSSR count). The molecule has 0 aromatic carbocycles. The summed E-state index contributed by atoms with van der Waals surface area (Å²) in [4.78, 5) is 0. The molecule has 0 unspecified atom stereocenters. The lowest BCUT2D eigenvalue weighted by Crippen LogP contribution is -2.48. The van der Waals surface area contributed by atoms with Crippen LogP contribution < -0.4 is 0 Å². The first-order chi connectivity index (χ1) is 12.5. The molecule has 26 heavy (non-hydrogen) atoms. The van der Waals surface area contributed by atoms with E-state index >= 15 is 0 Å². The van der Waals surface area contributed by atoms with E-state index in [0.29, 0.717) is 30.3 Å². The number of hydrogen-bond donors (Lipinski definition) is 0. The number of allylic oxidation sites excluding steroid dienone is 4. The van der Waals surface area contributed by atoms with E-state index < -0.39 is 11.3 Å². The van der Waals surface area contributed by atoms with Gasteiger partial charge in [0.05, 0.1) is 11.9 Å². The number of halogens is 2. The zero-order valence-corrected chi connectivity index (χ0v) is 16.0. The van der Waals surface area contributed by atoms with E-state index in [-0.39, 0.29) is 12.3 Å². The second-order valence-corrected chi connectivity index (χ2v) is 9.85. The Bertz CT molecular complexity index is 630. The van der Waals surface area contributed by atoms with Gasteiger partial charge in [-0.1, -0.05) is 13.0 Å². The Labute approximate surface area is 156 Å². The predicted octanol–water partition coefficient (Wildman–Crippen LogP) is 6.65. The van der Waals surface area contributed by atoms with Gasteiger partial charge in [-0.25, -0.2) is 8.78 Å². The Morgan fingerprint density at radius 2 is 1.81 bits per heavy atom. The van der Waals surface area contributed by atoms with Crippen LogP contribution in [0.25, 0.3) is 0 Å². The SMILES string of the molecule is C[C@]12CC[C@H]3[C@@H](CC=C4C=C(OC5CCCC5)CC[C@@H]43)[C@@H]1CCC2(F)F. The summed E-state index contributed by atoms with van der Waals surface area (Å²) in [5.41, 5.74) is 0.708. The molecule has 0 aromatic heterocycles. The molecule has 0 amide bonds. The smallest absolute Gasteiger partial charge is 0.253 e. The highest BCUT2D eigenvalue weighted by Gasteiger charge is 2.64. The van der Waals surface area contributed by atoms with Gasteiger partial charge in [-0.15, -0.1) is 0 Å². The number of fused-ring (bicyclic) bond motifs is 5. The number of ether oxygens (including phenoxy) is 1. The van der Waals surface area contributed by atoms with Gasteiger partial charge in [0.1, 0.15) is 0 Å². The average Bonchev–Trinajstić information content (AvgIpc) is 3.21. The van der Waals surface area contributed by atoms with Crippen LogP contribution in [-0.2, 0) is 4.74 Å². The summed E-state index contributed by atoms with van der Waals surface area (Å²) in [6.45, 7) is 1.88. The second kappa shape index (κ2) is 6.07. The largest absolute Gasteiger partial charge is 0.495 e. The first-order valence-corrected chi connectivity index (χ1v) is 10.9. The van der Waals surface area contributed by atoms with Crippen molar-refractivity contribution >= 4 is 0 Å². The molecule has 1 nitrogen and oxygen atoms in total. The van der Waals surface area contributed by atoms with Crippen LogP contribution in [-0.4, -0.2) is 12.0 Å². The molecular weight excluding hydrogens is 330 g/mol. The number of alkyl halides is 2. The summed E-state index contributed by atoms with van der Waals surface area (Å²) in [7, 11) is 0. The normalized spacial score (nSPS) is 44.6. The van der Waals surface area contributed by atoms with Crippen LogP contribution in [0, 0.1) is 29.1 Å². The fourth-order valence-electron chi connectivity index (χ4n) is 7.17. The molecule has 0 aromatic rings. The Morgan fingerprint density at radius 1 is 1.00 bits per heavy atom. The summed E-state index contributed by atoms with van der Waals surface area (Å²) in [6, 6.07) is 0. The summed E-state index contributed by atoms with van der Waals surface area (Å²) < 4.78 is 35.4. The van der Waals surface area contributed by atoms with E-state index in [1.54, 1.807) is 0 Å². The molecule has 0 heterocycles. The first-order valence-electron chi connectivity index (χ1n) is 10.9. The standard InChI is InChI=1S/C23H32F2O/c1-22-12-10-19-18-9-7-17(26-16-4-2-3-5-16)14-15(18)6-8-20(19)21(22)11-13-23(22,24)25/h6,14,16,18-21H,2-5,7-13H2,1H3/t18-,19+,20+,21-,22-/m0/s1. The monoisotopic (exact) mass is 362 g/mol. The fourth-order valence-corrected chi connectivity index (χ4v) is 7.17. The van der Waals surface area contributed by atoms with Crippen LogP contribution in [0.15, 0.2) is 23.5 Å². The van der Waals surface area contributed by atoms with E-state index in [9.17, 15) is 8.78 Å². The van der Waals surface area contributed by atoms with E-state index in [2.05, 4.69) is 12.2 Å². The Kier molecular flexibility index (Phi) is 4.03. The molecule has 0 aliphatic heterocycles. The lowest BCUT2D eigenvalue weighted by molar-refractivity contribution is -0.141. The third-order valence-corrected chi connectivity index (χ3v) is 8.71. The van der Waals surface area contributed by atoms with E-state index in [4.69, 9.17) is 4.74 Å². The molecule has 5 aliphatic rings. The highest BCUT2D eigenvalue weighted by atomic mass is 19.3. The van der Waals surface area contributed by atoms with Crippen LogP contribution in [0.2, 0.25) is 0 Å². The quantitative estimate of drug-likeness (QED) is 0.534. The van der Waals surface area contributed by atoms with Gasteiger partial charge >= 0.3 is 0 Å². The van der Waals surface area contributed by atoms with Gasteiger partial charge < -0.3 is 4.74 Å². The van der Waals surface area contributed by atoms with Gasteiger partial charge in [-0.2, -0.15) is 0 Å². The minimum absolute atomic E-state index is 0.109. The molecule has 5 atom stereocenters. The number of rotatable bonds is 2. The zero-order chi connectivity index (χ0) is 17.9. The lowest BCUT2D eigenvalue weighted by Gasteiger charge is -2.52. The van der Waals surface area contributed by atoms with Crippen molar-refractivity contribution in [3.05, 3.63) is 23.5 Å². The topological polar surface area (TPSA) is 9.23 Å². The molecule has 0 saturated heterocycles. The Balaban J connectivity index is 1.36. The summed E-state index contributed by atoms with van der Waals surface area (Å²) in [5, 5.41) is 0. The minimum atomic E-state index is -2.46. The van der Waals surface area contributed by atoms with Crippen LogP contribution in [0.5, 0.6) is 0 Å². The predicted molar refractivity (Wildman–Crippen MR) is 98.8 cm³/mol. The van der Waals surface area contributed by atoms with Crippen molar-refractivity contribution in [2.75, 3.05) is 0 Å². The maximum atomic E-state index is 14.6. The number of hydrogen-bond acceptors (Lipinski definition) is 1. The van der Waals surface area contributed by atoms with Crippen molar-refractivity contribution in [3.8, 4) is 0 Å². The highest BCUT2D eigenvalue weighted by Crippen LogP contribution is 2.65. The van der Waals surface area contributed by atoms with Crippen LogP contribution in [0.4, 0.5) is 8.78 Å². The van der Waals surface area contributed by atoms with Gasteiger partial charge in [-0.3, -0.25) is 0 Å². The van der Waals surface area contributed by atoms with E-state index in [0.717, 1.165) is 32.1 Å². The van der Waals surface area contributed by atoms with Crippen LogP contribution in [0.3, 0.4) is 0 Å². The summed E-state index contributed by atoms with van der Waals surface area (Å²) in [6.07, 6.45) is 15.9. The minimum Gasteiger partial charge on any atom is -0.495 e. The summed E-state index contributed by atoms with van der Waals surface area (Å²) in [5.74, 6) is 0.623. The second-order valence-electron chi connectivity index (χ2n) is 9.85. The molecule has 0 radical (unpaired) electrons. The zero-order valence-electron chi connectivity index (χ0n) is 16.0. The van der Waals surface area contributed by atoms with Gasteiger partial charge in [-0.05, 0) is 93.1 Å². The fraction of sp³-hybridized carbons (Fsp3) is 0.826. The molecule has 0 N–H and O–H groups in total. The van der Waals surface area contributed by atoms with Gasteiger partial charge in [0.25, 0.3) is 5.92 Å². The van der Waals surface area contributed by atoms with Crippen molar-refractivity contribution in [2.45, 2.75) is 89.6 Å². The van der Waals surface area contributed by atoms with Crippen molar-refractivity contribution in [3.63, 3.8) is 0 Å². The van der Waals surface area contributed by atoms with E-state index in [1.807, 2.05) is 6.92 Å². The molecule has 3 fully saturated rings. The average molecular weight is 363 g/mol. The van der Waals surface area contributed by atoms with Crippen LogP contribution >= 0.6 is 0 Å². The van der Waals surface area contributed by atoms with Crippen molar-refractivity contribution in [2.24, 2.45) is 29.1 Å².